The van der Waals surface area contributed by atoms with Gasteiger partial charge in [-0.25, -0.2) is 0 Å². The Morgan fingerprint density at radius 1 is 1.35 bits per heavy atom. The third-order valence-electron chi connectivity index (χ3n) is 4.82. The lowest BCUT2D eigenvalue weighted by molar-refractivity contribution is -0.148. The van der Waals surface area contributed by atoms with E-state index in [4.69, 9.17) is 4.74 Å². The first-order chi connectivity index (χ1) is 9.75. The van der Waals surface area contributed by atoms with E-state index in [2.05, 4.69) is 16.8 Å². The zero-order valence-corrected chi connectivity index (χ0v) is 12.9. The highest BCUT2D eigenvalue weighted by Crippen LogP contribution is 2.36. The zero-order chi connectivity index (χ0) is 14.0. The van der Waals surface area contributed by atoms with Crippen LogP contribution in [0.3, 0.4) is 0 Å². The molecular weight excluding hydrogens is 270 g/mol. The van der Waals surface area contributed by atoms with Gasteiger partial charge >= 0.3 is 0 Å². The van der Waals surface area contributed by atoms with Crippen molar-refractivity contribution >= 4 is 17.2 Å². The lowest BCUT2D eigenvalue weighted by Crippen LogP contribution is -2.50. The van der Waals surface area contributed by atoms with Crippen LogP contribution in [0.1, 0.15) is 61.4 Å². The first kappa shape index (κ1) is 14.1. The number of ether oxygens (including phenoxy) is 1. The van der Waals surface area contributed by atoms with Crippen LogP contribution in [0, 0.1) is 0 Å². The summed E-state index contributed by atoms with van der Waals surface area (Å²) in [5.74, 6) is 0.101. The second-order valence-electron chi connectivity index (χ2n) is 5.98. The number of rotatable bonds is 3. The molecule has 1 N–H and O–H groups in total. The molecule has 110 valence electrons. The Kier molecular flexibility index (Phi) is 4.13. The highest BCUT2D eigenvalue weighted by atomic mass is 32.1. The fourth-order valence-electron chi connectivity index (χ4n) is 3.57. The first-order valence-corrected chi connectivity index (χ1v) is 8.55. The maximum atomic E-state index is 12.7. The molecule has 2 aliphatic rings. The van der Waals surface area contributed by atoms with Crippen LogP contribution < -0.4 is 5.32 Å². The van der Waals surface area contributed by atoms with Crippen LogP contribution in [-0.4, -0.2) is 18.6 Å². The molecule has 0 aromatic carbocycles. The second-order valence-corrected chi connectivity index (χ2v) is 6.98. The number of hydrogen-bond donors (Lipinski definition) is 1. The number of amides is 1. The van der Waals surface area contributed by atoms with E-state index in [1.54, 1.807) is 7.11 Å². The molecule has 1 amide bonds. The van der Waals surface area contributed by atoms with Crippen LogP contribution in [-0.2, 0) is 16.0 Å². The summed E-state index contributed by atoms with van der Waals surface area (Å²) < 4.78 is 5.64. The summed E-state index contributed by atoms with van der Waals surface area (Å²) in [4.78, 5) is 14.2. The van der Waals surface area contributed by atoms with Gasteiger partial charge in [-0.05, 0) is 49.1 Å². The lowest BCUT2D eigenvalue weighted by atomic mass is 9.83. The van der Waals surface area contributed by atoms with Gasteiger partial charge in [0.05, 0.1) is 6.04 Å². The monoisotopic (exact) mass is 293 g/mol. The molecule has 0 saturated heterocycles. The van der Waals surface area contributed by atoms with Gasteiger partial charge in [-0.3, -0.25) is 4.79 Å². The standard InChI is InChI=1S/C16H23NO2S/c1-19-16(9-3-2-4-10-16)15(18)17-13-6-5-7-14-12(13)8-11-20-14/h8,11,13H,2-7,9-10H2,1H3,(H,17,18). The molecule has 0 bridgehead atoms. The molecule has 1 unspecified atom stereocenters. The van der Waals surface area contributed by atoms with Crippen molar-refractivity contribution in [3.63, 3.8) is 0 Å². The van der Waals surface area contributed by atoms with Crippen molar-refractivity contribution in [1.82, 2.24) is 5.32 Å². The summed E-state index contributed by atoms with van der Waals surface area (Å²) >= 11 is 1.81. The van der Waals surface area contributed by atoms with E-state index in [0.29, 0.717) is 0 Å². The van der Waals surface area contributed by atoms with Crippen LogP contribution in [0.25, 0.3) is 0 Å². The lowest BCUT2D eigenvalue weighted by Gasteiger charge is -2.36. The minimum Gasteiger partial charge on any atom is -0.368 e. The molecule has 0 spiro atoms. The van der Waals surface area contributed by atoms with Crippen molar-refractivity contribution in [2.75, 3.05) is 7.11 Å². The van der Waals surface area contributed by atoms with Crippen molar-refractivity contribution in [1.29, 1.82) is 0 Å². The summed E-state index contributed by atoms with van der Waals surface area (Å²) in [5, 5.41) is 5.41. The number of hydrogen-bond acceptors (Lipinski definition) is 3. The summed E-state index contributed by atoms with van der Waals surface area (Å²) in [6.45, 7) is 0. The van der Waals surface area contributed by atoms with Gasteiger partial charge in [0.2, 0.25) is 0 Å². The summed E-state index contributed by atoms with van der Waals surface area (Å²) in [6.07, 6.45) is 8.50. The van der Waals surface area contributed by atoms with Gasteiger partial charge < -0.3 is 10.1 Å². The number of carbonyl (C=O) groups excluding carboxylic acids is 1. The van der Waals surface area contributed by atoms with Crippen LogP contribution in [0.5, 0.6) is 0 Å². The van der Waals surface area contributed by atoms with Crippen molar-refractivity contribution in [2.45, 2.75) is 63.0 Å². The maximum absolute atomic E-state index is 12.7. The molecule has 1 heterocycles. The predicted molar refractivity (Wildman–Crippen MR) is 81.0 cm³/mol. The SMILES string of the molecule is COC1(C(=O)NC2CCCc3sccc32)CCCCC1. The van der Waals surface area contributed by atoms with Crippen molar-refractivity contribution in [3.8, 4) is 0 Å². The Bertz CT molecular complexity index is 477. The molecule has 4 heteroatoms. The maximum Gasteiger partial charge on any atom is 0.252 e. The van der Waals surface area contributed by atoms with Gasteiger partial charge in [-0.1, -0.05) is 19.3 Å². The number of carbonyl (C=O) groups is 1. The molecule has 0 radical (unpaired) electrons. The molecule has 1 atom stereocenters. The topological polar surface area (TPSA) is 38.3 Å². The normalized spacial score (nSPS) is 24.9. The van der Waals surface area contributed by atoms with Gasteiger partial charge in [0, 0.05) is 12.0 Å². The summed E-state index contributed by atoms with van der Waals surface area (Å²) in [7, 11) is 1.68. The Morgan fingerprint density at radius 3 is 2.90 bits per heavy atom. The summed E-state index contributed by atoms with van der Waals surface area (Å²) in [6, 6.07) is 2.36. The van der Waals surface area contributed by atoms with Crippen molar-refractivity contribution < 1.29 is 9.53 Å². The number of aryl methyl sites for hydroxylation is 1. The highest BCUT2D eigenvalue weighted by Gasteiger charge is 2.40. The van der Waals surface area contributed by atoms with Gasteiger partial charge in [-0.15, -0.1) is 11.3 Å². The van der Waals surface area contributed by atoms with Crippen molar-refractivity contribution in [2.24, 2.45) is 0 Å². The van der Waals surface area contributed by atoms with Gasteiger partial charge in [0.1, 0.15) is 5.60 Å². The average Bonchev–Trinajstić information content (AvgIpc) is 2.97. The zero-order valence-electron chi connectivity index (χ0n) is 12.1. The average molecular weight is 293 g/mol. The van der Waals surface area contributed by atoms with Crippen LogP contribution >= 0.6 is 11.3 Å². The number of thiophene rings is 1. The van der Waals surface area contributed by atoms with Crippen LogP contribution in [0.15, 0.2) is 11.4 Å². The molecule has 3 rings (SSSR count). The third-order valence-corrected chi connectivity index (χ3v) is 5.82. The minimum atomic E-state index is -0.577. The Balaban J connectivity index is 1.73. The Hall–Kier alpha value is -0.870. The van der Waals surface area contributed by atoms with Crippen molar-refractivity contribution in [3.05, 3.63) is 21.9 Å². The second kappa shape index (κ2) is 5.86. The Labute approximate surface area is 124 Å². The van der Waals surface area contributed by atoms with E-state index in [-0.39, 0.29) is 11.9 Å². The molecule has 3 nitrogen and oxygen atoms in total. The molecule has 1 fully saturated rings. The van der Waals surface area contributed by atoms with E-state index < -0.39 is 5.60 Å². The van der Waals surface area contributed by atoms with E-state index in [0.717, 1.165) is 38.5 Å². The Morgan fingerprint density at radius 2 is 2.15 bits per heavy atom. The molecule has 1 aromatic rings. The number of fused-ring (bicyclic) bond motifs is 1. The summed E-state index contributed by atoms with van der Waals surface area (Å²) in [5.41, 5.74) is 0.753. The molecule has 0 aliphatic heterocycles. The van der Waals surface area contributed by atoms with E-state index >= 15 is 0 Å². The fraction of sp³-hybridized carbons (Fsp3) is 0.688. The van der Waals surface area contributed by atoms with E-state index in [1.807, 2.05) is 11.3 Å². The first-order valence-electron chi connectivity index (χ1n) is 7.67. The van der Waals surface area contributed by atoms with Gasteiger partial charge in [0.15, 0.2) is 0 Å². The number of nitrogens with one attached hydrogen (secondary N) is 1. The quantitative estimate of drug-likeness (QED) is 0.925. The number of methoxy groups -OCH3 is 1. The van der Waals surface area contributed by atoms with Crippen LogP contribution in [0.4, 0.5) is 0 Å². The van der Waals surface area contributed by atoms with E-state index in [9.17, 15) is 4.79 Å². The molecular formula is C16H23NO2S. The molecule has 20 heavy (non-hydrogen) atoms. The fourth-order valence-corrected chi connectivity index (χ4v) is 4.56. The minimum absolute atomic E-state index is 0.101. The molecule has 1 saturated carbocycles. The largest absolute Gasteiger partial charge is 0.368 e. The molecule has 1 aromatic heterocycles. The van der Waals surface area contributed by atoms with Gasteiger partial charge in [0.25, 0.3) is 5.91 Å². The molecule has 2 aliphatic carbocycles. The highest BCUT2D eigenvalue weighted by molar-refractivity contribution is 7.10. The van der Waals surface area contributed by atoms with E-state index in [1.165, 1.54) is 23.3 Å². The van der Waals surface area contributed by atoms with Crippen LogP contribution in [0.2, 0.25) is 0 Å². The smallest absolute Gasteiger partial charge is 0.252 e. The third kappa shape index (κ3) is 2.51. The predicted octanol–water partition coefficient (Wildman–Crippen LogP) is 3.59. The van der Waals surface area contributed by atoms with Gasteiger partial charge in [-0.2, -0.15) is 0 Å².